The van der Waals surface area contributed by atoms with Gasteiger partial charge in [-0.25, -0.2) is 4.39 Å². The molecule has 0 saturated carbocycles. The van der Waals surface area contributed by atoms with Crippen LogP contribution in [0.5, 0.6) is 0 Å². The van der Waals surface area contributed by atoms with Gasteiger partial charge >= 0.3 is 0 Å². The lowest BCUT2D eigenvalue weighted by atomic mass is 10.1. The first-order valence-corrected chi connectivity index (χ1v) is 4.73. The van der Waals surface area contributed by atoms with E-state index in [-0.39, 0.29) is 11.7 Å². The molecule has 0 aromatic heterocycles. The van der Waals surface area contributed by atoms with Gasteiger partial charge < -0.3 is 5.32 Å². The van der Waals surface area contributed by atoms with Gasteiger partial charge in [-0.05, 0) is 24.1 Å². The number of rotatable bonds is 4. The fourth-order valence-corrected chi connectivity index (χ4v) is 1.12. The average molecular weight is 195 g/mol. The van der Waals surface area contributed by atoms with Crippen LogP contribution in [-0.4, -0.2) is 12.5 Å². The molecule has 0 aliphatic carbocycles. The van der Waals surface area contributed by atoms with E-state index < -0.39 is 0 Å². The van der Waals surface area contributed by atoms with Crippen LogP contribution < -0.4 is 5.32 Å². The summed E-state index contributed by atoms with van der Waals surface area (Å²) in [5.41, 5.74) is 1.03. The highest BCUT2D eigenvalue weighted by Crippen LogP contribution is 2.02. The van der Waals surface area contributed by atoms with E-state index in [9.17, 15) is 9.18 Å². The van der Waals surface area contributed by atoms with Crippen molar-refractivity contribution in [3.8, 4) is 0 Å². The second-order valence-electron chi connectivity index (χ2n) is 3.08. The number of hydrogen-bond acceptors (Lipinski definition) is 1. The number of halogens is 1. The highest BCUT2D eigenvalue weighted by Gasteiger charge is 1.97. The monoisotopic (exact) mass is 195 g/mol. The molecule has 0 spiro atoms. The highest BCUT2D eigenvalue weighted by molar-refractivity contribution is 5.75. The summed E-state index contributed by atoms with van der Waals surface area (Å²) in [6, 6.07) is 6.31. The first-order chi connectivity index (χ1) is 6.72. The predicted molar refractivity (Wildman–Crippen MR) is 53.4 cm³/mol. The Morgan fingerprint density at radius 3 is 2.57 bits per heavy atom. The third kappa shape index (κ3) is 3.56. The van der Waals surface area contributed by atoms with Gasteiger partial charge in [-0.2, -0.15) is 0 Å². The van der Waals surface area contributed by atoms with Gasteiger partial charge in [-0.1, -0.05) is 19.1 Å². The van der Waals surface area contributed by atoms with Crippen molar-refractivity contribution in [2.45, 2.75) is 19.8 Å². The molecule has 14 heavy (non-hydrogen) atoms. The lowest BCUT2D eigenvalue weighted by molar-refractivity contribution is -0.120. The van der Waals surface area contributed by atoms with E-state index in [2.05, 4.69) is 5.32 Å². The van der Waals surface area contributed by atoms with E-state index in [0.29, 0.717) is 13.0 Å². The smallest absolute Gasteiger partial charge is 0.219 e. The number of carbonyl (C=O) groups excluding carboxylic acids is 1. The van der Waals surface area contributed by atoms with Crippen molar-refractivity contribution in [2.24, 2.45) is 0 Å². The lowest BCUT2D eigenvalue weighted by Gasteiger charge is -2.03. The third-order valence-electron chi connectivity index (χ3n) is 1.97. The van der Waals surface area contributed by atoms with Crippen LogP contribution in [0, 0.1) is 5.82 Å². The topological polar surface area (TPSA) is 29.1 Å². The van der Waals surface area contributed by atoms with Crippen LogP contribution >= 0.6 is 0 Å². The van der Waals surface area contributed by atoms with Gasteiger partial charge in [0.25, 0.3) is 0 Å². The Morgan fingerprint density at radius 2 is 2.00 bits per heavy atom. The molecule has 0 aliphatic rings. The van der Waals surface area contributed by atoms with Crippen molar-refractivity contribution in [1.82, 2.24) is 5.32 Å². The average Bonchev–Trinajstić information content (AvgIpc) is 2.21. The number of carbonyl (C=O) groups is 1. The van der Waals surface area contributed by atoms with E-state index in [0.717, 1.165) is 12.0 Å². The van der Waals surface area contributed by atoms with Crippen molar-refractivity contribution in [3.63, 3.8) is 0 Å². The SMILES string of the molecule is CCC(=O)NCCc1ccc(F)cc1. The largest absolute Gasteiger partial charge is 0.356 e. The summed E-state index contributed by atoms with van der Waals surface area (Å²) in [6.07, 6.45) is 1.25. The van der Waals surface area contributed by atoms with Crippen molar-refractivity contribution in [2.75, 3.05) is 6.54 Å². The van der Waals surface area contributed by atoms with Crippen molar-refractivity contribution in [1.29, 1.82) is 0 Å². The minimum Gasteiger partial charge on any atom is -0.356 e. The molecule has 0 unspecified atom stereocenters. The summed E-state index contributed by atoms with van der Waals surface area (Å²) in [4.78, 5) is 10.9. The molecular weight excluding hydrogens is 181 g/mol. The van der Waals surface area contributed by atoms with Crippen LogP contribution in [0.15, 0.2) is 24.3 Å². The van der Waals surface area contributed by atoms with Gasteiger partial charge in [0.2, 0.25) is 5.91 Å². The van der Waals surface area contributed by atoms with Crippen LogP contribution in [0.4, 0.5) is 4.39 Å². The molecule has 3 heteroatoms. The Hall–Kier alpha value is -1.38. The predicted octanol–water partition coefficient (Wildman–Crippen LogP) is 1.89. The number of benzene rings is 1. The van der Waals surface area contributed by atoms with E-state index >= 15 is 0 Å². The molecule has 1 aromatic carbocycles. The molecule has 1 amide bonds. The standard InChI is InChI=1S/C11H14FNO/c1-2-11(14)13-8-7-9-3-5-10(12)6-4-9/h3-6H,2,7-8H2,1H3,(H,13,14). The molecule has 1 aromatic rings. The van der Waals surface area contributed by atoms with Crippen molar-refractivity contribution < 1.29 is 9.18 Å². The molecule has 76 valence electrons. The summed E-state index contributed by atoms with van der Waals surface area (Å²) < 4.78 is 12.5. The van der Waals surface area contributed by atoms with E-state index in [1.54, 1.807) is 12.1 Å². The normalized spacial score (nSPS) is 9.86. The molecule has 1 rings (SSSR count). The third-order valence-corrected chi connectivity index (χ3v) is 1.97. The number of nitrogens with one attached hydrogen (secondary N) is 1. The maximum atomic E-state index is 12.5. The molecule has 0 bridgehead atoms. The van der Waals surface area contributed by atoms with Gasteiger partial charge in [0.1, 0.15) is 5.82 Å². The molecule has 0 aliphatic heterocycles. The zero-order valence-electron chi connectivity index (χ0n) is 8.22. The number of amides is 1. The maximum Gasteiger partial charge on any atom is 0.219 e. The fraction of sp³-hybridized carbons (Fsp3) is 0.364. The van der Waals surface area contributed by atoms with Crippen LogP contribution in [0.1, 0.15) is 18.9 Å². The Morgan fingerprint density at radius 1 is 1.36 bits per heavy atom. The van der Waals surface area contributed by atoms with Gasteiger partial charge in [0.05, 0.1) is 0 Å². The summed E-state index contributed by atoms with van der Waals surface area (Å²) in [5, 5.41) is 2.76. The van der Waals surface area contributed by atoms with Gasteiger partial charge in [0.15, 0.2) is 0 Å². The highest BCUT2D eigenvalue weighted by atomic mass is 19.1. The van der Waals surface area contributed by atoms with Gasteiger partial charge in [-0.15, -0.1) is 0 Å². The van der Waals surface area contributed by atoms with E-state index in [1.807, 2.05) is 6.92 Å². The Kier molecular flexibility index (Phi) is 4.11. The molecule has 0 saturated heterocycles. The Bertz CT molecular complexity index is 295. The first-order valence-electron chi connectivity index (χ1n) is 4.73. The summed E-state index contributed by atoms with van der Waals surface area (Å²) in [5.74, 6) is -0.182. The molecular formula is C11H14FNO. The molecule has 0 radical (unpaired) electrons. The van der Waals surface area contributed by atoms with Crippen molar-refractivity contribution in [3.05, 3.63) is 35.6 Å². The Labute approximate surface area is 83.1 Å². The van der Waals surface area contributed by atoms with E-state index in [1.165, 1.54) is 12.1 Å². The Balaban J connectivity index is 2.31. The maximum absolute atomic E-state index is 12.5. The molecule has 0 atom stereocenters. The van der Waals surface area contributed by atoms with Crippen LogP contribution in [-0.2, 0) is 11.2 Å². The first kappa shape index (κ1) is 10.7. The molecule has 0 heterocycles. The summed E-state index contributed by atoms with van der Waals surface area (Å²) >= 11 is 0. The van der Waals surface area contributed by atoms with Crippen LogP contribution in [0.2, 0.25) is 0 Å². The zero-order chi connectivity index (χ0) is 10.4. The summed E-state index contributed by atoms with van der Waals surface area (Å²) in [7, 11) is 0. The quantitative estimate of drug-likeness (QED) is 0.781. The molecule has 1 N–H and O–H groups in total. The van der Waals surface area contributed by atoms with Gasteiger partial charge in [-0.3, -0.25) is 4.79 Å². The molecule has 2 nitrogen and oxygen atoms in total. The fourth-order valence-electron chi connectivity index (χ4n) is 1.12. The van der Waals surface area contributed by atoms with Crippen LogP contribution in [0.3, 0.4) is 0 Å². The summed E-state index contributed by atoms with van der Waals surface area (Å²) in [6.45, 7) is 2.42. The van der Waals surface area contributed by atoms with Crippen LogP contribution in [0.25, 0.3) is 0 Å². The second-order valence-corrected chi connectivity index (χ2v) is 3.08. The van der Waals surface area contributed by atoms with E-state index in [4.69, 9.17) is 0 Å². The number of hydrogen-bond donors (Lipinski definition) is 1. The van der Waals surface area contributed by atoms with Crippen molar-refractivity contribution >= 4 is 5.91 Å². The minimum atomic E-state index is -0.230. The molecule has 0 fully saturated rings. The lowest BCUT2D eigenvalue weighted by Crippen LogP contribution is -2.24. The van der Waals surface area contributed by atoms with Gasteiger partial charge in [0, 0.05) is 13.0 Å². The second kappa shape index (κ2) is 5.37. The minimum absolute atomic E-state index is 0.0483. The zero-order valence-corrected chi connectivity index (χ0v) is 8.22.